The number of carbonyl (C=O) groups excluding carboxylic acids is 1. The van der Waals surface area contributed by atoms with E-state index in [1.165, 1.54) is 18.0 Å². The maximum Gasteiger partial charge on any atom is 0.207 e. The number of ketones is 1. The third kappa shape index (κ3) is 2.02. The molecule has 1 heterocycles. The van der Waals surface area contributed by atoms with Crippen LogP contribution in [0.15, 0.2) is 17.8 Å². The van der Waals surface area contributed by atoms with E-state index in [1.54, 1.807) is 13.1 Å². The highest BCUT2D eigenvalue weighted by molar-refractivity contribution is 6.05. The molecule has 4 nitrogen and oxygen atoms in total. The molecule has 0 bridgehead atoms. The lowest BCUT2D eigenvalue weighted by Crippen LogP contribution is -2.06. The van der Waals surface area contributed by atoms with Gasteiger partial charge in [-0.1, -0.05) is 5.57 Å². The molecule has 0 saturated heterocycles. The summed E-state index contributed by atoms with van der Waals surface area (Å²) in [7, 11) is 3.24. The van der Waals surface area contributed by atoms with Gasteiger partial charge in [-0.15, -0.1) is 0 Å². The number of ether oxygens (including phenoxy) is 1. The van der Waals surface area contributed by atoms with Gasteiger partial charge < -0.3 is 4.74 Å². The Morgan fingerprint density at radius 1 is 1.57 bits per heavy atom. The normalized spacial score (nSPS) is 9.71. The van der Waals surface area contributed by atoms with Crippen LogP contribution in [0.2, 0.25) is 0 Å². The number of rotatable bonds is 3. The molecule has 0 aliphatic carbocycles. The molecule has 0 N–H and O–H groups in total. The summed E-state index contributed by atoms with van der Waals surface area (Å²) in [5.41, 5.74) is 1.44. The molecule has 0 amide bonds. The Labute approximate surface area is 83.2 Å². The van der Waals surface area contributed by atoms with Gasteiger partial charge in [0.05, 0.1) is 13.3 Å². The first-order chi connectivity index (χ1) is 6.56. The Hall–Kier alpha value is -1.58. The van der Waals surface area contributed by atoms with Crippen LogP contribution in [-0.2, 0) is 7.05 Å². The Balaban J connectivity index is 3.11. The SMILES string of the molecule is COc1cnn(C)c1C(=O)C=C(C)C. The summed E-state index contributed by atoms with van der Waals surface area (Å²) in [5, 5.41) is 3.96. The molecule has 0 spiro atoms. The van der Waals surface area contributed by atoms with E-state index in [4.69, 9.17) is 4.74 Å². The number of allylic oxidation sites excluding steroid dienone is 2. The van der Waals surface area contributed by atoms with Crippen LogP contribution in [0.1, 0.15) is 24.3 Å². The number of hydrogen-bond acceptors (Lipinski definition) is 3. The van der Waals surface area contributed by atoms with Gasteiger partial charge in [-0.3, -0.25) is 9.48 Å². The number of nitrogens with zero attached hydrogens (tertiary/aromatic N) is 2. The molecule has 0 atom stereocenters. The van der Waals surface area contributed by atoms with Gasteiger partial charge in [0.25, 0.3) is 0 Å². The second-order valence-electron chi connectivity index (χ2n) is 3.27. The van der Waals surface area contributed by atoms with Crippen molar-refractivity contribution in [2.45, 2.75) is 13.8 Å². The zero-order valence-electron chi connectivity index (χ0n) is 8.87. The largest absolute Gasteiger partial charge is 0.493 e. The lowest BCUT2D eigenvalue weighted by atomic mass is 10.2. The van der Waals surface area contributed by atoms with Crippen LogP contribution in [-0.4, -0.2) is 22.7 Å². The number of hydrogen-bond donors (Lipinski definition) is 0. The molecule has 1 aromatic heterocycles. The van der Waals surface area contributed by atoms with E-state index in [2.05, 4.69) is 5.10 Å². The number of carbonyl (C=O) groups is 1. The van der Waals surface area contributed by atoms with Crippen LogP contribution in [0, 0.1) is 0 Å². The number of aryl methyl sites for hydroxylation is 1. The van der Waals surface area contributed by atoms with Gasteiger partial charge in [0.1, 0.15) is 0 Å². The van der Waals surface area contributed by atoms with Crippen molar-refractivity contribution in [2.75, 3.05) is 7.11 Å². The van der Waals surface area contributed by atoms with Crippen molar-refractivity contribution in [2.24, 2.45) is 7.05 Å². The van der Waals surface area contributed by atoms with E-state index in [-0.39, 0.29) is 5.78 Å². The van der Waals surface area contributed by atoms with Crippen LogP contribution in [0.5, 0.6) is 5.75 Å². The second kappa shape index (κ2) is 4.09. The van der Waals surface area contributed by atoms with Crippen LogP contribution in [0.3, 0.4) is 0 Å². The molecule has 1 aromatic rings. The first-order valence-corrected chi connectivity index (χ1v) is 4.31. The topological polar surface area (TPSA) is 44.1 Å². The maximum absolute atomic E-state index is 11.7. The summed E-state index contributed by atoms with van der Waals surface area (Å²) in [6.07, 6.45) is 3.10. The van der Waals surface area contributed by atoms with Crippen LogP contribution in [0.25, 0.3) is 0 Å². The molecule has 1 rings (SSSR count). The predicted octanol–water partition coefficient (Wildman–Crippen LogP) is 1.58. The Morgan fingerprint density at radius 3 is 2.71 bits per heavy atom. The lowest BCUT2D eigenvalue weighted by molar-refractivity contribution is 0.103. The predicted molar refractivity (Wildman–Crippen MR) is 53.5 cm³/mol. The first-order valence-electron chi connectivity index (χ1n) is 4.31. The molecule has 0 aromatic carbocycles. The summed E-state index contributed by atoms with van der Waals surface area (Å²) in [6, 6.07) is 0. The van der Waals surface area contributed by atoms with Gasteiger partial charge >= 0.3 is 0 Å². The van der Waals surface area contributed by atoms with E-state index in [0.717, 1.165) is 5.57 Å². The Kier molecular flexibility index (Phi) is 3.06. The summed E-state index contributed by atoms with van der Waals surface area (Å²) in [6.45, 7) is 3.75. The highest BCUT2D eigenvalue weighted by Gasteiger charge is 2.14. The minimum absolute atomic E-state index is 0.0816. The average molecular weight is 194 g/mol. The summed E-state index contributed by atoms with van der Waals surface area (Å²) < 4.78 is 6.55. The van der Waals surface area contributed by atoms with Crippen molar-refractivity contribution in [3.8, 4) is 5.75 Å². The fourth-order valence-corrected chi connectivity index (χ4v) is 1.18. The van der Waals surface area contributed by atoms with Gasteiger partial charge in [0.15, 0.2) is 11.4 Å². The van der Waals surface area contributed by atoms with Crippen LogP contribution >= 0.6 is 0 Å². The van der Waals surface area contributed by atoms with Gasteiger partial charge in [-0.2, -0.15) is 5.10 Å². The molecule has 0 unspecified atom stereocenters. The fourth-order valence-electron chi connectivity index (χ4n) is 1.18. The molecule has 0 radical (unpaired) electrons. The van der Waals surface area contributed by atoms with Gasteiger partial charge in [-0.25, -0.2) is 0 Å². The van der Waals surface area contributed by atoms with Crippen molar-refractivity contribution in [1.82, 2.24) is 9.78 Å². The van der Waals surface area contributed by atoms with E-state index in [9.17, 15) is 4.79 Å². The maximum atomic E-state index is 11.7. The minimum atomic E-state index is -0.0816. The third-order valence-electron chi connectivity index (χ3n) is 1.78. The van der Waals surface area contributed by atoms with Crippen molar-refractivity contribution >= 4 is 5.78 Å². The second-order valence-corrected chi connectivity index (χ2v) is 3.27. The summed E-state index contributed by atoms with van der Waals surface area (Å²) in [5.74, 6) is 0.428. The summed E-state index contributed by atoms with van der Waals surface area (Å²) in [4.78, 5) is 11.7. The van der Waals surface area contributed by atoms with E-state index >= 15 is 0 Å². The Morgan fingerprint density at radius 2 is 2.21 bits per heavy atom. The molecule has 0 aliphatic heterocycles. The monoisotopic (exact) mass is 194 g/mol. The van der Waals surface area contributed by atoms with E-state index in [0.29, 0.717) is 11.4 Å². The molecule has 0 aliphatic rings. The lowest BCUT2D eigenvalue weighted by Gasteiger charge is -2.01. The number of aromatic nitrogens is 2. The zero-order chi connectivity index (χ0) is 10.7. The zero-order valence-corrected chi connectivity index (χ0v) is 8.87. The van der Waals surface area contributed by atoms with Gasteiger partial charge in [0.2, 0.25) is 5.78 Å². The minimum Gasteiger partial charge on any atom is -0.493 e. The smallest absolute Gasteiger partial charge is 0.207 e. The van der Waals surface area contributed by atoms with Crippen molar-refractivity contribution in [3.05, 3.63) is 23.5 Å². The van der Waals surface area contributed by atoms with E-state index in [1.807, 2.05) is 13.8 Å². The molecule has 0 fully saturated rings. The molecular weight excluding hydrogens is 180 g/mol. The van der Waals surface area contributed by atoms with Crippen molar-refractivity contribution in [1.29, 1.82) is 0 Å². The average Bonchev–Trinajstić information content (AvgIpc) is 2.45. The molecule has 14 heavy (non-hydrogen) atoms. The van der Waals surface area contributed by atoms with Gasteiger partial charge in [-0.05, 0) is 19.9 Å². The summed E-state index contributed by atoms with van der Waals surface area (Å²) >= 11 is 0. The third-order valence-corrected chi connectivity index (χ3v) is 1.78. The van der Waals surface area contributed by atoms with Gasteiger partial charge in [0, 0.05) is 7.05 Å². The fraction of sp³-hybridized carbons (Fsp3) is 0.400. The Bertz CT molecular complexity index is 373. The molecule has 0 saturated carbocycles. The van der Waals surface area contributed by atoms with E-state index < -0.39 is 0 Å². The molecule has 76 valence electrons. The quantitative estimate of drug-likeness (QED) is 0.542. The first kappa shape index (κ1) is 10.5. The molecule has 4 heteroatoms. The number of methoxy groups -OCH3 is 1. The van der Waals surface area contributed by atoms with Crippen molar-refractivity contribution in [3.63, 3.8) is 0 Å². The van der Waals surface area contributed by atoms with Crippen LogP contribution < -0.4 is 4.74 Å². The standard InChI is InChI=1S/C10H14N2O2/c1-7(2)5-8(13)10-9(14-4)6-11-12(10)3/h5-6H,1-4H3. The van der Waals surface area contributed by atoms with Crippen molar-refractivity contribution < 1.29 is 9.53 Å². The molecular formula is C10H14N2O2. The van der Waals surface area contributed by atoms with Crippen LogP contribution in [0.4, 0.5) is 0 Å². The highest BCUT2D eigenvalue weighted by atomic mass is 16.5. The highest BCUT2D eigenvalue weighted by Crippen LogP contribution is 2.17.